The fraction of sp³-hybridized carbons (Fsp3) is 0.350. The Morgan fingerprint density at radius 1 is 1.00 bits per heavy atom. The average Bonchev–Trinajstić information content (AvgIpc) is 2.77. The van der Waals surface area contributed by atoms with Crippen molar-refractivity contribution in [1.29, 1.82) is 0 Å². The van der Waals surface area contributed by atoms with Crippen LogP contribution in [0.3, 0.4) is 0 Å². The Morgan fingerprint density at radius 2 is 1.69 bits per heavy atom. The van der Waals surface area contributed by atoms with Gasteiger partial charge in [-0.25, -0.2) is 13.2 Å². The van der Waals surface area contributed by atoms with Gasteiger partial charge in [0.05, 0.1) is 14.2 Å². The number of carbonyl (C=O) groups is 1. The maximum atomic E-state index is 13.1. The first-order valence-electron chi connectivity index (χ1n) is 9.24. The topological polar surface area (TPSA) is 88.2 Å². The van der Waals surface area contributed by atoms with E-state index in [-0.39, 0.29) is 29.8 Å². The van der Waals surface area contributed by atoms with Gasteiger partial charge in [-0.1, -0.05) is 30.3 Å². The number of benzene rings is 2. The number of hydrogen-bond acceptors (Lipinski definition) is 5. The molecule has 2 amide bonds. The van der Waals surface area contributed by atoms with Gasteiger partial charge in [0.25, 0.3) is 0 Å². The number of urea groups is 1. The Hall–Kier alpha value is -2.78. The van der Waals surface area contributed by atoms with Crippen LogP contribution in [-0.2, 0) is 16.6 Å². The standard InChI is InChI=1S/C20H25N3O5S/c1-27-17-8-9-18(28-2)19(14-17)29(25,26)23-12-10-22(11-13-23)20(24)21-15-16-6-4-3-5-7-16/h3-9,14H,10-13,15H2,1-2H3,(H,21,24). The van der Waals surface area contributed by atoms with Gasteiger partial charge in [-0.15, -0.1) is 0 Å². The zero-order valence-corrected chi connectivity index (χ0v) is 17.3. The predicted octanol–water partition coefficient (Wildman–Crippen LogP) is 1.92. The van der Waals surface area contributed by atoms with E-state index in [4.69, 9.17) is 9.47 Å². The van der Waals surface area contributed by atoms with Crippen molar-refractivity contribution < 1.29 is 22.7 Å². The van der Waals surface area contributed by atoms with Crippen LogP contribution in [0.5, 0.6) is 11.5 Å². The lowest BCUT2D eigenvalue weighted by Crippen LogP contribution is -2.53. The Morgan fingerprint density at radius 3 is 2.31 bits per heavy atom. The summed E-state index contributed by atoms with van der Waals surface area (Å²) in [5.41, 5.74) is 1.01. The first-order valence-corrected chi connectivity index (χ1v) is 10.7. The number of rotatable bonds is 6. The molecular weight excluding hydrogens is 394 g/mol. The molecule has 0 spiro atoms. The fourth-order valence-electron chi connectivity index (χ4n) is 3.14. The molecule has 1 aliphatic rings. The minimum Gasteiger partial charge on any atom is -0.497 e. The van der Waals surface area contributed by atoms with E-state index in [1.165, 1.54) is 24.6 Å². The van der Waals surface area contributed by atoms with Gasteiger partial charge >= 0.3 is 6.03 Å². The second-order valence-corrected chi connectivity index (χ2v) is 8.46. The van der Waals surface area contributed by atoms with Crippen LogP contribution in [0.4, 0.5) is 4.79 Å². The Kier molecular flexibility index (Phi) is 6.60. The second-order valence-electron chi connectivity index (χ2n) is 6.55. The van der Waals surface area contributed by atoms with E-state index >= 15 is 0 Å². The number of amides is 2. The van der Waals surface area contributed by atoms with Gasteiger partial charge in [-0.2, -0.15) is 4.31 Å². The van der Waals surface area contributed by atoms with E-state index in [1.807, 2.05) is 30.3 Å². The predicted molar refractivity (Wildman–Crippen MR) is 109 cm³/mol. The van der Waals surface area contributed by atoms with Crippen molar-refractivity contribution in [2.45, 2.75) is 11.4 Å². The number of methoxy groups -OCH3 is 2. The molecule has 0 atom stereocenters. The molecule has 0 aromatic heterocycles. The van der Waals surface area contributed by atoms with E-state index in [9.17, 15) is 13.2 Å². The lowest BCUT2D eigenvalue weighted by Gasteiger charge is -2.34. The molecule has 1 fully saturated rings. The van der Waals surface area contributed by atoms with E-state index < -0.39 is 10.0 Å². The molecule has 0 radical (unpaired) electrons. The van der Waals surface area contributed by atoms with Crippen molar-refractivity contribution in [2.24, 2.45) is 0 Å². The zero-order valence-electron chi connectivity index (χ0n) is 16.5. The first kappa shape index (κ1) is 20.9. The van der Waals surface area contributed by atoms with Crippen molar-refractivity contribution in [2.75, 3.05) is 40.4 Å². The van der Waals surface area contributed by atoms with Crippen LogP contribution in [0.15, 0.2) is 53.4 Å². The lowest BCUT2D eigenvalue weighted by atomic mass is 10.2. The van der Waals surface area contributed by atoms with Crippen LogP contribution in [0.25, 0.3) is 0 Å². The molecule has 29 heavy (non-hydrogen) atoms. The van der Waals surface area contributed by atoms with Crippen molar-refractivity contribution in [3.63, 3.8) is 0 Å². The number of piperazine rings is 1. The van der Waals surface area contributed by atoms with E-state index in [0.29, 0.717) is 25.4 Å². The van der Waals surface area contributed by atoms with Gasteiger partial charge in [-0.05, 0) is 17.7 Å². The van der Waals surface area contributed by atoms with Gasteiger partial charge in [0, 0.05) is 38.8 Å². The molecule has 3 rings (SSSR count). The summed E-state index contributed by atoms with van der Waals surface area (Å²) >= 11 is 0. The van der Waals surface area contributed by atoms with Crippen molar-refractivity contribution in [3.8, 4) is 11.5 Å². The van der Waals surface area contributed by atoms with Crippen molar-refractivity contribution in [3.05, 3.63) is 54.1 Å². The van der Waals surface area contributed by atoms with Crippen LogP contribution in [0, 0.1) is 0 Å². The molecule has 1 N–H and O–H groups in total. The maximum absolute atomic E-state index is 13.1. The van der Waals surface area contributed by atoms with Crippen molar-refractivity contribution in [1.82, 2.24) is 14.5 Å². The lowest BCUT2D eigenvalue weighted by molar-refractivity contribution is 0.172. The summed E-state index contributed by atoms with van der Waals surface area (Å²) < 4.78 is 37.9. The average molecular weight is 420 g/mol. The third-order valence-corrected chi connectivity index (χ3v) is 6.72. The van der Waals surface area contributed by atoms with E-state index in [0.717, 1.165) is 5.56 Å². The summed E-state index contributed by atoms with van der Waals surface area (Å²) in [6.45, 7) is 1.47. The molecule has 1 aliphatic heterocycles. The Bertz CT molecular complexity index is 942. The molecular formula is C20H25N3O5S. The highest BCUT2D eigenvalue weighted by Crippen LogP contribution is 2.31. The highest BCUT2D eigenvalue weighted by Gasteiger charge is 2.32. The molecule has 0 saturated carbocycles. The maximum Gasteiger partial charge on any atom is 0.317 e. The first-order chi connectivity index (χ1) is 14.0. The number of nitrogens with zero attached hydrogens (tertiary/aromatic N) is 2. The third-order valence-electron chi connectivity index (χ3n) is 4.80. The monoisotopic (exact) mass is 419 g/mol. The van der Waals surface area contributed by atoms with Crippen LogP contribution in [-0.4, -0.2) is 64.1 Å². The summed E-state index contributed by atoms with van der Waals surface area (Å²) in [6, 6.07) is 14.1. The summed E-state index contributed by atoms with van der Waals surface area (Å²) in [5, 5.41) is 2.87. The number of ether oxygens (including phenoxy) is 2. The summed E-state index contributed by atoms with van der Waals surface area (Å²) in [4.78, 5) is 14.1. The van der Waals surface area contributed by atoms with Gasteiger partial charge in [-0.3, -0.25) is 0 Å². The second kappa shape index (κ2) is 9.15. The molecule has 8 nitrogen and oxygen atoms in total. The fourth-order valence-corrected chi connectivity index (χ4v) is 4.73. The van der Waals surface area contributed by atoms with Gasteiger partial charge in [0.15, 0.2) is 0 Å². The van der Waals surface area contributed by atoms with Crippen LogP contribution in [0.1, 0.15) is 5.56 Å². The van der Waals surface area contributed by atoms with Gasteiger partial charge in [0.1, 0.15) is 16.4 Å². The highest BCUT2D eigenvalue weighted by molar-refractivity contribution is 7.89. The number of hydrogen-bond donors (Lipinski definition) is 1. The van der Waals surface area contributed by atoms with Gasteiger partial charge < -0.3 is 19.7 Å². The normalized spacial score (nSPS) is 15.0. The smallest absolute Gasteiger partial charge is 0.317 e. The minimum absolute atomic E-state index is 0.0568. The van der Waals surface area contributed by atoms with Crippen LogP contribution >= 0.6 is 0 Å². The van der Waals surface area contributed by atoms with E-state index in [2.05, 4.69) is 5.32 Å². The Balaban J connectivity index is 1.63. The van der Waals surface area contributed by atoms with Crippen LogP contribution in [0.2, 0.25) is 0 Å². The highest BCUT2D eigenvalue weighted by atomic mass is 32.2. The Labute approximate surface area is 171 Å². The zero-order chi connectivity index (χ0) is 20.9. The molecule has 9 heteroatoms. The van der Waals surface area contributed by atoms with Crippen molar-refractivity contribution >= 4 is 16.1 Å². The third kappa shape index (κ3) is 4.80. The summed E-state index contributed by atoms with van der Waals surface area (Å²) in [7, 11) is -0.868. The molecule has 0 aliphatic carbocycles. The number of sulfonamides is 1. The SMILES string of the molecule is COc1ccc(OC)c(S(=O)(=O)N2CCN(C(=O)NCc3ccccc3)CC2)c1. The molecule has 156 valence electrons. The molecule has 2 aromatic carbocycles. The number of nitrogens with one attached hydrogen (secondary N) is 1. The van der Waals surface area contributed by atoms with E-state index in [1.54, 1.807) is 17.0 Å². The van der Waals surface area contributed by atoms with Crippen LogP contribution < -0.4 is 14.8 Å². The summed E-state index contributed by atoms with van der Waals surface area (Å²) in [6.07, 6.45) is 0. The molecule has 1 saturated heterocycles. The molecule has 0 unspecified atom stereocenters. The van der Waals surface area contributed by atoms with Gasteiger partial charge in [0.2, 0.25) is 10.0 Å². The quantitative estimate of drug-likeness (QED) is 0.773. The molecule has 2 aromatic rings. The largest absolute Gasteiger partial charge is 0.497 e. The number of carbonyl (C=O) groups excluding carboxylic acids is 1. The molecule has 0 bridgehead atoms. The summed E-state index contributed by atoms with van der Waals surface area (Å²) in [5.74, 6) is 0.692. The molecule has 1 heterocycles. The minimum atomic E-state index is -3.77.